The maximum Gasteiger partial charge on any atom is 0.261 e. The average Bonchev–Trinajstić information content (AvgIpc) is 3.23. The van der Waals surface area contributed by atoms with Crippen molar-refractivity contribution in [2.45, 2.75) is 18.9 Å². The number of amides is 1. The van der Waals surface area contributed by atoms with Crippen molar-refractivity contribution in [3.8, 4) is 10.4 Å². The molecule has 1 heterocycles. The number of carbonyl (C=O) groups is 1. The van der Waals surface area contributed by atoms with Gasteiger partial charge in [0, 0.05) is 9.90 Å². The van der Waals surface area contributed by atoms with Crippen LogP contribution in [0.15, 0.2) is 60.7 Å². The average molecular weight is 354 g/mol. The third kappa shape index (κ3) is 2.97. The monoisotopic (exact) mass is 353 g/mol. The van der Waals surface area contributed by atoms with Gasteiger partial charge in [-0.3, -0.25) is 4.79 Å². The summed E-state index contributed by atoms with van der Waals surface area (Å²) in [5.41, 5.74) is 3.63. The number of fused-ring (bicyclic) bond motifs is 1. The number of hydrogen-bond acceptors (Lipinski definition) is 2. The van der Waals surface area contributed by atoms with Crippen LogP contribution in [0.4, 0.5) is 0 Å². The zero-order valence-corrected chi connectivity index (χ0v) is 14.5. The normalized spacial score (nSPS) is 16.0. The molecule has 2 nitrogen and oxygen atoms in total. The number of thiophene rings is 1. The molecule has 0 saturated carbocycles. The molecule has 1 N–H and O–H groups in total. The largest absolute Gasteiger partial charge is 0.345 e. The number of benzene rings is 2. The summed E-state index contributed by atoms with van der Waals surface area (Å²) >= 11 is 7.55. The second-order valence-electron chi connectivity index (χ2n) is 5.94. The van der Waals surface area contributed by atoms with Crippen LogP contribution in [-0.2, 0) is 6.42 Å². The molecule has 2 aromatic carbocycles. The van der Waals surface area contributed by atoms with Gasteiger partial charge in [0.25, 0.3) is 5.91 Å². The molecule has 0 spiro atoms. The molecule has 1 aliphatic carbocycles. The zero-order chi connectivity index (χ0) is 16.5. The second-order valence-corrected chi connectivity index (χ2v) is 7.46. The number of carbonyl (C=O) groups excluding carboxylic acids is 1. The van der Waals surface area contributed by atoms with Crippen LogP contribution in [-0.4, -0.2) is 5.91 Å². The fourth-order valence-electron chi connectivity index (χ4n) is 3.19. The summed E-state index contributed by atoms with van der Waals surface area (Å²) in [5, 5.41) is 3.88. The smallest absolute Gasteiger partial charge is 0.261 e. The number of halogens is 1. The molecule has 0 fully saturated rings. The van der Waals surface area contributed by atoms with Gasteiger partial charge < -0.3 is 5.32 Å². The molecule has 120 valence electrons. The van der Waals surface area contributed by atoms with Crippen molar-refractivity contribution >= 4 is 28.8 Å². The van der Waals surface area contributed by atoms with Crippen molar-refractivity contribution < 1.29 is 4.79 Å². The summed E-state index contributed by atoms with van der Waals surface area (Å²) in [6.07, 6.45) is 2.00. The number of aryl methyl sites for hydroxylation is 1. The van der Waals surface area contributed by atoms with Crippen molar-refractivity contribution in [3.63, 3.8) is 0 Å². The van der Waals surface area contributed by atoms with E-state index in [0.29, 0.717) is 5.02 Å². The van der Waals surface area contributed by atoms with E-state index in [4.69, 9.17) is 11.6 Å². The minimum absolute atomic E-state index is 0.00465. The van der Waals surface area contributed by atoms with E-state index in [2.05, 4.69) is 23.5 Å². The van der Waals surface area contributed by atoms with Crippen LogP contribution in [0.2, 0.25) is 5.02 Å². The Morgan fingerprint density at radius 2 is 1.96 bits per heavy atom. The molecule has 1 atom stereocenters. The predicted molar refractivity (Wildman–Crippen MR) is 99.7 cm³/mol. The quantitative estimate of drug-likeness (QED) is 0.663. The molecule has 0 aliphatic heterocycles. The third-order valence-electron chi connectivity index (χ3n) is 4.38. The molecule has 0 saturated heterocycles. The van der Waals surface area contributed by atoms with E-state index in [0.717, 1.165) is 28.2 Å². The molecular weight excluding hydrogens is 338 g/mol. The molecule has 0 bridgehead atoms. The van der Waals surface area contributed by atoms with Gasteiger partial charge in [0.2, 0.25) is 0 Å². The molecule has 24 heavy (non-hydrogen) atoms. The van der Waals surface area contributed by atoms with E-state index in [1.807, 2.05) is 42.5 Å². The molecule has 1 aromatic heterocycles. The highest BCUT2D eigenvalue weighted by Crippen LogP contribution is 2.33. The summed E-state index contributed by atoms with van der Waals surface area (Å²) in [5.74, 6) is -0.00465. The molecule has 4 heteroatoms. The number of nitrogens with one attached hydrogen (secondary N) is 1. The first-order chi connectivity index (χ1) is 11.7. The van der Waals surface area contributed by atoms with E-state index in [1.165, 1.54) is 22.5 Å². The van der Waals surface area contributed by atoms with E-state index in [9.17, 15) is 4.79 Å². The summed E-state index contributed by atoms with van der Waals surface area (Å²) in [6, 6.07) is 20.0. The highest BCUT2D eigenvalue weighted by atomic mass is 35.5. The lowest BCUT2D eigenvalue weighted by atomic mass is 10.1. The van der Waals surface area contributed by atoms with E-state index in [1.54, 1.807) is 0 Å². The third-order valence-corrected chi connectivity index (χ3v) is 5.75. The molecule has 1 aliphatic rings. The van der Waals surface area contributed by atoms with Gasteiger partial charge in [-0.1, -0.05) is 48.0 Å². The van der Waals surface area contributed by atoms with E-state index < -0.39 is 0 Å². The van der Waals surface area contributed by atoms with Gasteiger partial charge in [0.1, 0.15) is 0 Å². The van der Waals surface area contributed by atoms with Crippen molar-refractivity contribution in [2.75, 3.05) is 0 Å². The van der Waals surface area contributed by atoms with Crippen molar-refractivity contribution in [1.82, 2.24) is 5.32 Å². The lowest BCUT2D eigenvalue weighted by Gasteiger charge is -2.13. The SMILES string of the molecule is O=C(N[C@@H]1CCc2ccccc21)c1ccc(-c2cccc(Cl)c2)s1. The Morgan fingerprint density at radius 1 is 1.08 bits per heavy atom. The summed E-state index contributed by atoms with van der Waals surface area (Å²) < 4.78 is 0. The fraction of sp³-hybridized carbons (Fsp3) is 0.150. The summed E-state index contributed by atoms with van der Waals surface area (Å²) in [4.78, 5) is 14.4. The maximum atomic E-state index is 12.6. The maximum absolute atomic E-state index is 12.6. The molecule has 0 unspecified atom stereocenters. The Balaban J connectivity index is 1.52. The Bertz CT molecular complexity index is 902. The Kier molecular flexibility index (Phi) is 4.13. The van der Waals surface area contributed by atoms with Gasteiger partial charge in [-0.25, -0.2) is 0 Å². The highest BCUT2D eigenvalue weighted by molar-refractivity contribution is 7.17. The molecule has 1 amide bonds. The lowest BCUT2D eigenvalue weighted by Crippen LogP contribution is -2.26. The predicted octanol–water partition coefficient (Wildman–Crippen LogP) is 5.49. The Morgan fingerprint density at radius 3 is 2.83 bits per heavy atom. The minimum Gasteiger partial charge on any atom is -0.345 e. The van der Waals surface area contributed by atoms with Crippen LogP contribution >= 0.6 is 22.9 Å². The van der Waals surface area contributed by atoms with Crippen LogP contribution < -0.4 is 5.32 Å². The van der Waals surface area contributed by atoms with Crippen LogP contribution in [0.5, 0.6) is 0 Å². The highest BCUT2D eigenvalue weighted by Gasteiger charge is 2.24. The van der Waals surface area contributed by atoms with Gasteiger partial charge in [-0.15, -0.1) is 11.3 Å². The van der Waals surface area contributed by atoms with E-state index >= 15 is 0 Å². The van der Waals surface area contributed by atoms with Gasteiger partial charge >= 0.3 is 0 Å². The van der Waals surface area contributed by atoms with Gasteiger partial charge in [0.05, 0.1) is 10.9 Å². The van der Waals surface area contributed by atoms with Crippen molar-refractivity contribution in [2.24, 2.45) is 0 Å². The van der Waals surface area contributed by atoms with Gasteiger partial charge in [0.15, 0.2) is 0 Å². The summed E-state index contributed by atoms with van der Waals surface area (Å²) in [6.45, 7) is 0. The Labute approximate surface area is 150 Å². The zero-order valence-electron chi connectivity index (χ0n) is 13.0. The standard InChI is InChI=1S/C20H16ClNOS/c21-15-6-3-5-14(12-15)18-10-11-19(24-18)20(23)22-17-9-8-13-4-1-2-7-16(13)17/h1-7,10-12,17H,8-9H2,(H,22,23)/t17-/m1/s1. The van der Waals surface area contributed by atoms with Crippen molar-refractivity contribution in [3.05, 3.63) is 81.7 Å². The van der Waals surface area contributed by atoms with E-state index in [-0.39, 0.29) is 11.9 Å². The lowest BCUT2D eigenvalue weighted by molar-refractivity contribution is 0.0941. The van der Waals surface area contributed by atoms with Crippen LogP contribution in [0.25, 0.3) is 10.4 Å². The number of hydrogen-bond donors (Lipinski definition) is 1. The van der Waals surface area contributed by atoms with Crippen LogP contribution in [0.3, 0.4) is 0 Å². The molecule has 4 rings (SSSR count). The van der Waals surface area contributed by atoms with Crippen molar-refractivity contribution in [1.29, 1.82) is 0 Å². The fourth-order valence-corrected chi connectivity index (χ4v) is 4.29. The summed E-state index contributed by atoms with van der Waals surface area (Å²) in [7, 11) is 0. The first-order valence-electron chi connectivity index (χ1n) is 7.95. The second kappa shape index (κ2) is 6.42. The molecule has 3 aromatic rings. The van der Waals surface area contributed by atoms with Crippen LogP contribution in [0, 0.1) is 0 Å². The van der Waals surface area contributed by atoms with Gasteiger partial charge in [-0.2, -0.15) is 0 Å². The first kappa shape index (κ1) is 15.4. The Hall–Kier alpha value is -2.10. The van der Waals surface area contributed by atoms with Gasteiger partial charge in [-0.05, 0) is 53.8 Å². The minimum atomic E-state index is -0.00465. The molecule has 0 radical (unpaired) electrons. The number of rotatable bonds is 3. The first-order valence-corrected chi connectivity index (χ1v) is 9.14. The topological polar surface area (TPSA) is 29.1 Å². The molecular formula is C20H16ClNOS. The van der Waals surface area contributed by atoms with Crippen LogP contribution in [0.1, 0.15) is 33.3 Å².